The first-order valence-electron chi connectivity index (χ1n) is 10.6. The number of aromatic nitrogens is 4. The third-order valence-corrected chi connectivity index (χ3v) is 6.13. The molecule has 4 aromatic heterocycles. The van der Waals surface area contributed by atoms with Crippen LogP contribution in [-0.2, 0) is 0 Å². The van der Waals surface area contributed by atoms with Crippen LogP contribution >= 0.6 is 0 Å². The number of imidazole rings is 1. The molecule has 1 aliphatic rings. The fourth-order valence-electron chi connectivity index (χ4n) is 4.36. The third kappa shape index (κ3) is 3.41. The van der Waals surface area contributed by atoms with Crippen LogP contribution in [0.15, 0.2) is 61.1 Å². The highest BCUT2D eigenvalue weighted by molar-refractivity contribution is 6.03. The Morgan fingerprint density at radius 2 is 2.00 bits per heavy atom. The minimum absolute atomic E-state index is 0.0835. The van der Waals surface area contributed by atoms with Crippen LogP contribution in [0, 0.1) is 6.92 Å². The van der Waals surface area contributed by atoms with Crippen LogP contribution in [0.25, 0.3) is 22.7 Å². The van der Waals surface area contributed by atoms with Gasteiger partial charge in [0.2, 0.25) is 0 Å². The zero-order valence-corrected chi connectivity index (χ0v) is 18.1. The highest BCUT2D eigenvalue weighted by Crippen LogP contribution is 2.28. The highest BCUT2D eigenvalue weighted by Gasteiger charge is 2.30. The molecule has 0 radical (unpaired) electrons. The second-order valence-electron chi connectivity index (χ2n) is 8.29. The molecule has 0 aromatic carbocycles. The zero-order chi connectivity index (χ0) is 21.5. The average molecular weight is 415 g/mol. The summed E-state index contributed by atoms with van der Waals surface area (Å²) in [7, 11) is 4.15. The Hall–Kier alpha value is -3.45. The zero-order valence-electron chi connectivity index (χ0n) is 18.1. The molecule has 0 spiro atoms. The second-order valence-corrected chi connectivity index (χ2v) is 8.29. The predicted octanol–water partition coefficient (Wildman–Crippen LogP) is 3.27. The average Bonchev–Trinajstić information content (AvgIpc) is 3.51. The Bertz CT molecular complexity index is 1240. The van der Waals surface area contributed by atoms with Crippen molar-refractivity contribution in [2.75, 3.05) is 27.2 Å². The molecule has 0 aliphatic carbocycles. The van der Waals surface area contributed by atoms with Gasteiger partial charge in [0.25, 0.3) is 5.91 Å². The van der Waals surface area contributed by atoms with Gasteiger partial charge in [-0.25, -0.2) is 9.97 Å². The molecule has 5 rings (SSSR count). The van der Waals surface area contributed by atoms with Crippen molar-refractivity contribution < 1.29 is 4.79 Å². The third-order valence-electron chi connectivity index (χ3n) is 6.13. The molecule has 0 N–H and O–H groups in total. The minimum Gasteiger partial charge on any atom is -0.337 e. The first-order chi connectivity index (χ1) is 15.0. The summed E-state index contributed by atoms with van der Waals surface area (Å²) in [5, 5.41) is 0. The van der Waals surface area contributed by atoms with Crippen molar-refractivity contribution in [3.63, 3.8) is 0 Å². The van der Waals surface area contributed by atoms with E-state index in [0.29, 0.717) is 6.04 Å². The Morgan fingerprint density at radius 3 is 2.74 bits per heavy atom. The number of rotatable bonds is 4. The number of pyridine rings is 2. The van der Waals surface area contributed by atoms with E-state index >= 15 is 0 Å². The smallest absolute Gasteiger partial charge is 0.256 e. The van der Waals surface area contributed by atoms with Crippen LogP contribution in [0.1, 0.15) is 22.6 Å². The number of likely N-dealkylation sites (N-methyl/N-ethyl adjacent to an activating group) is 1. The van der Waals surface area contributed by atoms with Crippen LogP contribution in [0.2, 0.25) is 0 Å². The van der Waals surface area contributed by atoms with Gasteiger partial charge < -0.3 is 14.2 Å². The van der Waals surface area contributed by atoms with Crippen LogP contribution < -0.4 is 0 Å². The number of aryl methyl sites for hydroxylation is 1. The lowest BCUT2D eigenvalue weighted by molar-refractivity contribution is 0.0785. The molecule has 0 saturated carbocycles. The molecule has 1 atom stereocenters. The molecule has 0 bridgehead atoms. The number of hydrogen-bond donors (Lipinski definition) is 0. The standard InChI is InChI=1S/C24H26N6O/c1-17-26-20(16-30(17)23-9-4-6-11-25-23)22-14-19(21-8-5-7-12-29(21)22)24(31)28-13-10-18(15-28)27(2)3/h4-9,11-12,14,16,18H,10,13,15H2,1-3H3/t18-/m0/s1. The molecule has 7 heteroatoms. The van der Waals surface area contributed by atoms with Crippen LogP contribution in [0.4, 0.5) is 0 Å². The lowest BCUT2D eigenvalue weighted by Gasteiger charge is -2.20. The fourth-order valence-corrected chi connectivity index (χ4v) is 4.36. The van der Waals surface area contributed by atoms with Crippen molar-refractivity contribution in [3.8, 4) is 17.2 Å². The molecular formula is C24H26N6O. The van der Waals surface area contributed by atoms with Crippen molar-refractivity contribution in [1.29, 1.82) is 0 Å². The molecule has 1 fully saturated rings. The number of amides is 1. The van der Waals surface area contributed by atoms with Gasteiger partial charge in [0.05, 0.1) is 16.8 Å². The van der Waals surface area contributed by atoms with E-state index in [-0.39, 0.29) is 5.91 Å². The van der Waals surface area contributed by atoms with Gasteiger partial charge in [-0.1, -0.05) is 12.1 Å². The largest absolute Gasteiger partial charge is 0.337 e. The van der Waals surface area contributed by atoms with E-state index in [1.807, 2.05) is 71.2 Å². The van der Waals surface area contributed by atoms with Crippen molar-refractivity contribution in [1.82, 2.24) is 28.7 Å². The summed E-state index contributed by atoms with van der Waals surface area (Å²) in [6.45, 7) is 3.51. The lowest BCUT2D eigenvalue weighted by atomic mass is 10.2. The SMILES string of the molecule is Cc1nc(-c2cc(C(=O)N3CC[C@H](N(C)C)C3)c3ccccn23)cn1-c1ccccn1. The molecule has 7 nitrogen and oxygen atoms in total. The maximum absolute atomic E-state index is 13.4. The summed E-state index contributed by atoms with van der Waals surface area (Å²) < 4.78 is 4.03. The van der Waals surface area contributed by atoms with E-state index in [0.717, 1.165) is 53.6 Å². The first kappa shape index (κ1) is 19.5. The van der Waals surface area contributed by atoms with E-state index < -0.39 is 0 Å². The van der Waals surface area contributed by atoms with Crippen molar-refractivity contribution in [3.05, 3.63) is 72.4 Å². The fraction of sp³-hybridized carbons (Fsp3) is 0.292. The van der Waals surface area contributed by atoms with Gasteiger partial charge in [-0.05, 0) is 57.8 Å². The van der Waals surface area contributed by atoms with E-state index in [1.165, 1.54) is 0 Å². The van der Waals surface area contributed by atoms with Gasteiger partial charge >= 0.3 is 0 Å². The maximum atomic E-state index is 13.4. The maximum Gasteiger partial charge on any atom is 0.256 e. The van der Waals surface area contributed by atoms with Gasteiger partial charge in [0.1, 0.15) is 17.3 Å². The molecule has 0 unspecified atom stereocenters. The lowest BCUT2D eigenvalue weighted by Crippen LogP contribution is -2.34. The van der Waals surface area contributed by atoms with Crippen LogP contribution in [0.3, 0.4) is 0 Å². The van der Waals surface area contributed by atoms with E-state index in [1.54, 1.807) is 6.20 Å². The number of hydrogen-bond acceptors (Lipinski definition) is 4. The summed E-state index contributed by atoms with van der Waals surface area (Å²) in [4.78, 5) is 26.8. The Labute approximate surface area is 181 Å². The quantitative estimate of drug-likeness (QED) is 0.514. The highest BCUT2D eigenvalue weighted by atomic mass is 16.2. The molecule has 5 heterocycles. The van der Waals surface area contributed by atoms with Crippen molar-refractivity contribution in [2.45, 2.75) is 19.4 Å². The minimum atomic E-state index is 0.0835. The Kier molecular flexibility index (Phi) is 4.82. The number of fused-ring (bicyclic) bond motifs is 1. The normalized spacial score (nSPS) is 16.5. The Balaban J connectivity index is 1.55. The molecule has 4 aromatic rings. The second kappa shape index (κ2) is 7.67. The van der Waals surface area contributed by atoms with Gasteiger partial charge in [0.15, 0.2) is 0 Å². The monoisotopic (exact) mass is 414 g/mol. The first-order valence-corrected chi connectivity index (χ1v) is 10.6. The van der Waals surface area contributed by atoms with Gasteiger partial charge in [-0.2, -0.15) is 0 Å². The Morgan fingerprint density at radius 1 is 1.16 bits per heavy atom. The number of nitrogens with zero attached hydrogens (tertiary/aromatic N) is 6. The number of carbonyl (C=O) groups is 1. The van der Waals surface area contributed by atoms with Gasteiger partial charge in [-0.3, -0.25) is 9.36 Å². The summed E-state index contributed by atoms with van der Waals surface area (Å²) in [6.07, 6.45) is 6.75. The van der Waals surface area contributed by atoms with Gasteiger partial charge in [-0.15, -0.1) is 0 Å². The number of carbonyl (C=O) groups excluding carboxylic acids is 1. The number of likely N-dealkylation sites (tertiary alicyclic amines) is 1. The van der Waals surface area contributed by atoms with E-state index in [9.17, 15) is 4.79 Å². The van der Waals surface area contributed by atoms with Crippen LogP contribution in [-0.4, -0.2) is 67.9 Å². The summed E-state index contributed by atoms with van der Waals surface area (Å²) >= 11 is 0. The summed E-state index contributed by atoms with van der Waals surface area (Å²) in [6, 6.07) is 14.2. The van der Waals surface area contributed by atoms with Crippen LogP contribution in [0.5, 0.6) is 0 Å². The van der Waals surface area contributed by atoms with E-state index in [2.05, 4.69) is 28.4 Å². The molecular weight excluding hydrogens is 388 g/mol. The van der Waals surface area contributed by atoms with Crippen molar-refractivity contribution >= 4 is 11.4 Å². The predicted molar refractivity (Wildman–Crippen MR) is 120 cm³/mol. The molecule has 1 amide bonds. The van der Waals surface area contributed by atoms with E-state index in [4.69, 9.17) is 4.98 Å². The van der Waals surface area contributed by atoms with Gasteiger partial charge in [0, 0.05) is 37.7 Å². The topological polar surface area (TPSA) is 58.7 Å². The summed E-state index contributed by atoms with van der Waals surface area (Å²) in [5.41, 5.74) is 3.34. The molecule has 1 aliphatic heterocycles. The molecule has 158 valence electrons. The summed E-state index contributed by atoms with van der Waals surface area (Å²) in [5.74, 6) is 1.75. The molecule has 1 saturated heterocycles. The van der Waals surface area contributed by atoms with Crippen molar-refractivity contribution in [2.24, 2.45) is 0 Å². The molecule has 31 heavy (non-hydrogen) atoms.